The summed E-state index contributed by atoms with van der Waals surface area (Å²) in [5.41, 5.74) is 6.43. The summed E-state index contributed by atoms with van der Waals surface area (Å²) >= 11 is 12.1. The van der Waals surface area contributed by atoms with Gasteiger partial charge in [0.2, 0.25) is 10.0 Å². The predicted molar refractivity (Wildman–Crippen MR) is 137 cm³/mol. The van der Waals surface area contributed by atoms with Crippen molar-refractivity contribution in [3.8, 4) is 5.82 Å². The predicted octanol–water partition coefficient (Wildman–Crippen LogP) is 3.03. The van der Waals surface area contributed by atoms with Crippen LogP contribution in [-0.2, 0) is 14.8 Å². The summed E-state index contributed by atoms with van der Waals surface area (Å²) in [5, 5.41) is 20.9. The number of nitrogens with zero attached hydrogens (tertiary/aromatic N) is 4. The zero-order valence-corrected chi connectivity index (χ0v) is 20.6. The smallest absolute Gasteiger partial charge is 0.324 e. The molecule has 1 aliphatic rings. The van der Waals surface area contributed by atoms with E-state index in [1.54, 1.807) is 47.2 Å². The Bertz CT molecular complexity index is 1420. The molecule has 3 aromatic rings. The highest BCUT2D eigenvalue weighted by Gasteiger charge is 2.34. The van der Waals surface area contributed by atoms with Crippen molar-refractivity contribution >= 4 is 61.6 Å². The van der Waals surface area contributed by atoms with Crippen molar-refractivity contribution in [2.24, 2.45) is 5.73 Å². The van der Waals surface area contributed by atoms with Crippen molar-refractivity contribution in [3.63, 3.8) is 0 Å². The molecule has 1 aromatic carbocycles. The molecule has 2 heterocycles. The van der Waals surface area contributed by atoms with Gasteiger partial charge in [-0.2, -0.15) is 0 Å². The Morgan fingerprint density at radius 2 is 2.03 bits per heavy atom. The van der Waals surface area contributed by atoms with Crippen LogP contribution in [0.2, 0.25) is 0 Å². The van der Waals surface area contributed by atoms with E-state index in [0.717, 1.165) is 9.82 Å². The summed E-state index contributed by atoms with van der Waals surface area (Å²) in [4.78, 5) is 11.6. The highest BCUT2D eigenvalue weighted by atomic mass is 35.5. The Morgan fingerprint density at radius 3 is 2.69 bits per heavy atom. The molecular formula is C22H22Cl2N6O4S. The molecule has 10 nitrogen and oxygen atoms in total. The van der Waals surface area contributed by atoms with Crippen LogP contribution < -0.4 is 15.4 Å². The molecule has 0 radical (unpaired) electrons. The number of carboxylic acids is 1. The number of sulfonamides is 1. The van der Waals surface area contributed by atoms with Gasteiger partial charge in [-0.25, -0.2) is 8.42 Å². The maximum Gasteiger partial charge on any atom is 0.324 e. The standard InChI is InChI=1S/C22H22Cl2N6O4S/c23-15-10-16(24)12-18(11-15)35(33,34)30(13-22(31)32)17-1-2-19-14(9-17)5-8-29(19)21-4-3-20(27-28-21)26-7-6-25/h1-5,8-11,18H,6-7,12-13,25H2,(H,26,27)(H,31,32). The topological polar surface area (TPSA) is 143 Å². The summed E-state index contributed by atoms with van der Waals surface area (Å²) in [6.45, 7) is 0.293. The van der Waals surface area contributed by atoms with Crippen molar-refractivity contribution in [3.05, 3.63) is 64.8 Å². The number of rotatable bonds is 9. The molecule has 0 fully saturated rings. The van der Waals surface area contributed by atoms with Crippen LogP contribution in [0.25, 0.3) is 16.7 Å². The molecule has 13 heteroatoms. The second-order valence-corrected chi connectivity index (χ2v) is 10.7. The highest BCUT2D eigenvalue weighted by Crippen LogP contribution is 2.32. The van der Waals surface area contributed by atoms with Gasteiger partial charge in [0.1, 0.15) is 17.6 Å². The molecule has 184 valence electrons. The number of nitrogens with two attached hydrogens (primary N) is 1. The van der Waals surface area contributed by atoms with E-state index in [4.69, 9.17) is 28.9 Å². The minimum Gasteiger partial charge on any atom is -0.480 e. The molecule has 0 bridgehead atoms. The van der Waals surface area contributed by atoms with Crippen LogP contribution >= 0.6 is 23.2 Å². The fourth-order valence-electron chi connectivity index (χ4n) is 3.72. The molecule has 35 heavy (non-hydrogen) atoms. The van der Waals surface area contributed by atoms with Crippen LogP contribution in [0.5, 0.6) is 0 Å². The van der Waals surface area contributed by atoms with Crippen LogP contribution in [0.1, 0.15) is 6.42 Å². The lowest BCUT2D eigenvalue weighted by molar-refractivity contribution is -0.135. The second kappa shape index (κ2) is 10.2. The number of halogens is 2. The Hall–Kier alpha value is -3.12. The van der Waals surface area contributed by atoms with Crippen molar-refractivity contribution in [1.82, 2.24) is 14.8 Å². The van der Waals surface area contributed by atoms with E-state index in [0.29, 0.717) is 30.1 Å². The quantitative estimate of drug-likeness (QED) is 0.378. The third-order valence-electron chi connectivity index (χ3n) is 5.31. The first-order valence-electron chi connectivity index (χ1n) is 10.5. The van der Waals surface area contributed by atoms with Crippen LogP contribution in [0.3, 0.4) is 0 Å². The van der Waals surface area contributed by atoms with E-state index in [1.165, 1.54) is 12.2 Å². The van der Waals surface area contributed by atoms with E-state index in [9.17, 15) is 18.3 Å². The van der Waals surface area contributed by atoms with Crippen molar-refractivity contribution in [1.29, 1.82) is 0 Å². The summed E-state index contributed by atoms with van der Waals surface area (Å²) in [7, 11) is -4.14. The average Bonchev–Trinajstić information content (AvgIpc) is 3.24. The molecule has 0 spiro atoms. The second-order valence-electron chi connectivity index (χ2n) is 7.75. The molecule has 4 rings (SSSR count). The lowest BCUT2D eigenvalue weighted by Crippen LogP contribution is -2.41. The Labute approximate surface area is 211 Å². The average molecular weight is 537 g/mol. The monoisotopic (exact) mass is 536 g/mol. The number of carboxylic acid groups (broad SMARTS) is 1. The van der Waals surface area contributed by atoms with E-state index < -0.39 is 27.8 Å². The number of anilines is 2. The molecule has 1 aliphatic carbocycles. The first-order chi connectivity index (χ1) is 16.7. The molecule has 2 aromatic heterocycles. The van der Waals surface area contributed by atoms with Crippen LogP contribution in [0, 0.1) is 0 Å². The van der Waals surface area contributed by atoms with Crippen LogP contribution in [-0.4, -0.2) is 59.1 Å². The van der Waals surface area contributed by atoms with Gasteiger partial charge in [-0.15, -0.1) is 10.2 Å². The molecule has 4 N–H and O–H groups in total. The summed E-state index contributed by atoms with van der Waals surface area (Å²) < 4.78 is 29.5. The van der Waals surface area contributed by atoms with Gasteiger partial charge >= 0.3 is 5.97 Å². The molecule has 1 unspecified atom stereocenters. The zero-order valence-electron chi connectivity index (χ0n) is 18.3. The van der Waals surface area contributed by atoms with E-state index >= 15 is 0 Å². The fourth-order valence-corrected chi connectivity index (χ4v) is 6.25. The minimum atomic E-state index is -4.14. The summed E-state index contributed by atoms with van der Waals surface area (Å²) in [6, 6.07) is 10.2. The van der Waals surface area contributed by atoms with Gasteiger partial charge < -0.3 is 16.2 Å². The number of carbonyl (C=O) groups is 1. The van der Waals surface area contributed by atoms with Gasteiger partial charge in [-0.1, -0.05) is 23.2 Å². The third-order valence-corrected chi connectivity index (χ3v) is 7.83. The molecular weight excluding hydrogens is 515 g/mol. The van der Waals surface area contributed by atoms with Gasteiger partial charge in [0, 0.05) is 41.2 Å². The number of fused-ring (bicyclic) bond motifs is 1. The Balaban J connectivity index is 1.68. The summed E-state index contributed by atoms with van der Waals surface area (Å²) in [6.07, 6.45) is 4.60. The van der Waals surface area contributed by atoms with Gasteiger partial charge in [0.05, 0.1) is 11.2 Å². The molecule has 0 amide bonds. The van der Waals surface area contributed by atoms with E-state index in [1.807, 2.05) is 0 Å². The van der Waals surface area contributed by atoms with Gasteiger partial charge in [0.15, 0.2) is 5.82 Å². The lowest BCUT2D eigenvalue weighted by Gasteiger charge is -2.28. The number of benzene rings is 1. The van der Waals surface area contributed by atoms with Gasteiger partial charge in [-0.3, -0.25) is 13.7 Å². The normalized spacial score (nSPS) is 16.0. The van der Waals surface area contributed by atoms with E-state index in [2.05, 4.69) is 15.5 Å². The molecule has 0 saturated heterocycles. The molecule has 0 saturated carbocycles. The fraction of sp³-hybridized carbons (Fsp3) is 0.227. The van der Waals surface area contributed by atoms with Crippen molar-refractivity contribution in [2.45, 2.75) is 11.7 Å². The van der Waals surface area contributed by atoms with Crippen molar-refractivity contribution in [2.75, 3.05) is 29.3 Å². The van der Waals surface area contributed by atoms with Crippen LogP contribution in [0.4, 0.5) is 11.5 Å². The SMILES string of the molecule is NCCNc1ccc(-n2ccc3cc(N(CC(=O)O)S(=O)(=O)C4C=C(Cl)C=C(Cl)C4)ccc32)nn1. The Morgan fingerprint density at radius 1 is 1.23 bits per heavy atom. The lowest BCUT2D eigenvalue weighted by atomic mass is 10.2. The number of allylic oxidation sites excluding steroid dienone is 3. The Kier molecular flexibility index (Phi) is 7.31. The zero-order chi connectivity index (χ0) is 25.2. The van der Waals surface area contributed by atoms with Gasteiger partial charge in [-0.05, 0) is 48.6 Å². The number of hydrogen-bond donors (Lipinski definition) is 3. The maximum atomic E-state index is 13.4. The van der Waals surface area contributed by atoms with E-state index in [-0.39, 0.29) is 22.2 Å². The highest BCUT2D eigenvalue weighted by molar-refractivity contribution is 7.93. The third kappa shape index (κ3) is 5.43. The van der Waals surface area contributed by atoms with Crippen LogP contribution in [0.15, 0.2) is 64.8 Å². The summed E-state index contributed by atoms with van der Waals surface area (Å²) in [5.74, 6) is -0.138. The molecule has 1 atom stereocenters. The molecule has 0 aliphatic heterocycles. The first kappa shape index (κ1) is 25.0. The largest absolute Gasteiger partial charge is 0.480 e. The number of nitrogens with one attached hydrogen (secondary N) is 1. The number of hydrogen-bond acceptors (Lipinski definition) is 7. The number of aliphatic carboxylic acids is 1. The van der Waals surface area contributed by atoms with Gasteiger partial charge in [0.25, 0.3) is 0 Å². The number of aromatic nitrogens is 3. The van der Waals surface area contributed by atoms with Crippen molar-refractivity contribution < 1.29 is 18.3 Å². The maximum absolute atomic E-state index is 13.4. The minimum absolute atomic E-state index is 0.00362. The first-order valence-corrected chi connectivity index (χ1v) is 12.8.